The Morgan fingerprint density at radius 2 is 1.86 bits per heavy atom. The van der Waals surface area contributed by atoms with Crippen molar-refractivity contribution in [2.45, 2.75) is 4.90 Å². The van der Waals surface area contributed by atoms with Gasteiger partial charge in [-0.05, 0) is 48.5 Å². The summed E-state index contributed by atoms with van der Waals surface area (Å²) in [5.74, 6) is -0.620. The number of hydrogen-bond acceptors (Lipinski definition) is 8. The van der Waals surface area contributed by atoms with E-state index in [0.29, 0.717) is 32.9 Å². The third-order valence-corrected chi connectivity index (χ3v) is 6.89. The second kappa shape index (κ2) is 9.75. The number of nitro groups is 1. The molecule has 0 radical (unpaired) electrons. The number of methoxy groups -OCH3 is 2. The first-order valence-electron chi connectivity index (χ1n) is 11.0. The van der Waals surface area contributed by atoms with Crippen LogP contribution in [0.15, 0.2) is 82.7 Å². The lowest BCUT2D eigenvalue weighted by Gasteiger charge is -2.05. The molecule has 3 aromatic carbocycles. The van der Waals surface area contributed by atoms with Gasteiger partial charge in [0, 0.05) is 33.8 Å². The normalized spacial score (nSPS) is 13.5. The number of aromatic nitrogens is 2. The minimum Gasteiger partial charge on any atom is -0.490 e. The van der Waals surface area contributed by atoms with Crippen LogP contribution < -0.4 is 4.74 Å². The minimum absolute atomic E-state index is 0.134. The predicted octanol–water partition coefficient (Wildman–Crippen LogP) is 5.57. The summed E-state index contributed by atoms with van der Waals surface area (Å²) in [6.07, 6.45) is 3.48. The van der Waals surface area contributed by atoms with Crippen LogP contribution in [0.25, 0.3) is 23.0 Å². The van der Waals surface area contributed by atoms with Gasteiger partial charge in [-0.3, -0.25) is 14.9 Å². The fourth-order valence-corrected chi connectivity index (χ4v) is 5.01. The van der Waals surface area contributed by atoms with Crippen LogP contribution in [0.3, 0.4) is 0 Å². The van der Waals surface area contributed by atoms with Crippen LogP contribution >= 0.6 is 11.8 Å². The van der Waals surface area contributed by atoms with Crippen LogP contribution in [0.5, 0.6) is 5.75 Å². The Morgan fingerprint density at radius 3 is 2.57 bits per heavy atom. The molecule has 1 aliphatic heterocycles. The van der Waals surface area contributed by atoms with E-state index in [1.807, 2.05) is 30.3 Å². The summed E-state index contributed by atoms with van der Waals surface area (Å²) in [5.41, 5.74) is 2.85. The van der Waals surface area contributed by atoms with Gasteiger partial charge in [0.15, 0.2) is 5.75 Å². The van der Waals surface area contributed by atoms with Gasteiger partial charge in [0.25, 0.3) is 0 Å². The van der Waals surface area contributed by atoms with Crippen molar-refractivity contribution < 1.29 is 24.0 Å². The molecular formula is C27H19N3O6S. The van der Waals surface area contributed by atoms with Gasteiger partial charge < -0.3 is 9.47 Å². The van der Waals surface area contributed by atoms with Crippen molar-refractivity contribution in [1.82, 2.24) is 9.78 Å². The van der Waals surface area contributed by atoms with Crippen molar-refractivity contribution in [3.05, 3.63) is 105 Å². The molecule has 0 aliphatic carbocycles. The third kappa shape index (κ3) is 4.50. The lowest BCUT2D eigenvalue weighted by atomic mass is 10.0. The van der Waals surface area contributed by atoms with Gasteiger partial charge in [-0.25, -0.2) is 9.48 Å². The fraction of sp³-hybridized carbons (Fsp3) is 0.0741. The highest BCUT2D eigenvalue weighted by Gasteiger charge is 2.28. The molecule has 0 saturated carbocycles. The van der Waals surface area contributed by atoms with Crippen molar-refractivity contribution in [2.24, 2.45) is 0 Å². The number of thioether (sulfide) groups is 1. The molecule has 10 heteroatoms. The standard InChI is InChI=1S/C27H19N3O6S/c1-35-22-10-8-16(13-21(22)30(33)34)25-18(15-29(28-25)19-6-4-3-5-7-19)14-24-26(31)20-12-17(27(32)36-2)9-11-23(20)37-24/h3-15H,1-2H3/b24-14-. The van der Waals surface area contributed by atoms with Crippen molar-refractivity contribution in [3.8, 4) is 22.7 Å². The summed E-state index contributed by atoms with van der Waals surface area (Å²) < 4.78 is 11.6. The molecule has 1 aromatic heterocycles. The number of Topliss-reactive ketones (excluding diaryl/α,β-unsaturated/α-hetero) is 1. The summed E-state index contributed by atoms with van der Waals surface area (Å²) in [4.78, 5) is 37.4. The molecule has 0 bridgehead atoms. The number of allylic oxidation sites excluding steroid dienone is 1. The molecule has 0 saturated heterocycles. The number of carbonyl (C=O) groups excluding carboxylic acids is 2. The van der Waals surface area contributed by atoms with Crippen LogP contribution in [0.2, 0.25) is 0 Å². The van der Waals surface area contributed by atoms with Crippen LogP contribution in [0.4, 0.5) is 5.69 Å². The topological polar surface area (TPSA) is 114 Å². The first kappa shape index (κ1) is 24.0. The summed E-state index contributed by atoms with van der Waals surface area (Å²) in [7, 11) is 2.65. The van der Waals surface area contributed by atoms with Crippen LogP contribution in [0, 0.1) is 10.1 Å². The number of esters is 1. The van der Waals surface area contributed by atoms with Crippen molar-refractivity contribution in [3.63, 3.8) is 0 Å². The first-order chi connectivity index (χ1) is 17.9. The molecule has 184 valence electrons. The minimum atomic E-state index is -0.523. The molecule has 0 atom stereocenters. The smallest absolute Gasteiger partial charge is 0.337 e. The number of ether oxygens (including phenoxy) is 2. The number of hydrogen-bond donors (Lipinski definition) is 0. The maximum atomic E-state index is 13.2. The molecule has 0 N–H and O–H groups in total. The second-order valence-electron chi connectivity index (χ2n) is 8.00. The highest BCUT2D eigenvalue weighted by molar-refractivity contribution is 8.04. The summed E-state index contributed by atoms with van der Waals surface area (Å²) >= 11 is 1.28. The summed E-state index contributed by atoms with van der Waals surface area (Å²) in [5, 5.41) is 16.3. The maximum Gasteiger partial charge on any atom is 0.337 e. The van der Waals surface area contributed by atoms with Gasteiger partial charge in [0.2, 0.25) is 5.78 Å². The highest BCUT2D eigenvalue weighted by atomic mass is 32.2. The molecule has 0 spiro atoms. The Hall–Kier alpha value is -4.70. The molecule has 5 rings (SSSR count). The van der Waals surface area contributed by atoms with Crippen molar-refractivity contribution in [1.29, 1.82) is 0 Å². The predicted molar refractivity (Wildman–Crippen MR) is 138 cm³/mol. The Morgan fingerprint density at radius 1 is 1.08 bits per heavy atom. The SMILES string of the molecule is COC(=O)c1ccc2c(c1)C(=O)/C(=C/c1cn(-c3ccccc3)nc1-c1ccc(OC)c([N+](=O)[O-])c1)S2. The fourth-order valence-electron chi connectivity index (χ4n) is 3.99. The number of ketones is 1. The van der Waals surface area contributed by atoms with Gasteiger partial charge in [-0.2, -0.15) is 5.10 Å². The lowest BCUT2D eigenvalue weighted by Crippen LogP contribution is -2.03. The van der Waals surface area contributed by atoms with Crippen LogP contribution in [-0.4, -0.2) is 40.7 Å². The molecule has 37 heavy (non-hydrogen) atoms. The number of carbonyl (C=O) groups is 2. The van der Waals surface area contributed by atoms with E-state index in [0.717, 1.165) is 10.6 Å². The van der Waals surface area contributed by atoms with E-state index in [2.05, 4.69) is 0 Å². The van der Waals surface area contributed by atoms with E-state index in [9.17, 15) is 19.7 Å². The zero-order valence-corrected chi connectivity index (χ0v) is 20.5. The van der Waals surface area contributed by atoms with Crippen LogP contribution in [0.1, 0.15) is 26.3 Å². The Kier molecular flexibility index (Phi) is 6.33. The number of benzene rings is 3. The highest BCUT2D eigenvalue weighted by Crippen LogP contribution is 2.42. The third-order valence-electron chi connectivity index (χ3n) is 5.79. The van der Waals surface area contributed by atoms with Crippen molar-refractivity contribution >= 4 is 35.3 Å². The lowest BCUT2D eigenvalue weighted by molar-refractivity contribution is -0.385. The van der Waals surface area contributed by atoms with E-state index >= 15 is 0 Å². The average molecular weight is 514 g/mol. The maximum absolute atomic E-state index is 13.2. The Bertz CT molecular complexity index is 1590. The van der Waals surface area contributed by atoms with Gasteiger partial charge in [0.05, 0.1) is 35.3 Å². The molecular weight excluding hydrogens is 494 g/mol. The Labute approximate surface area is 215 Å². The second-order valence-corrected chi connectivity index (χ2v) is 9.08. The van der Waals surface area contributed by atoms with Gasteiger partial charge in [-0.1, -0.05) is 30.0 Å². The number of para-hydroxylation sites is 1. The monoisotopic (exact) mass is 513 g/mol. The quantitative estimate of drug-likeness (QED) is 0.142. The molecule has 9 nitrogen and oxygen atoms in total. The summed E-state index contributed by atoms with van der Waals surface area (Å²) in [6.45, 7) is 0. The largest absolute Gasteiger partial charge is 0.490 e. The van der Waals surface area contributed by atoms with E-state index in [-0.39, 0.29) is 17.2 Å². The molecule has 2 heterocycles. The first-order valence-corrected chi connectivity index (χ1v) is 11.9. The number of rotatable bonds is 6. The molecule has 4 aromatic rings. The molecule has 1 aliphatic rings. The van der Waals surface area contributed by atoms with E-state index < -0.39 is 10.9 Å². The van der Waals surface area contributed by atoms with Gasteiger partial charge in [0.1, 0.15) is 5.69 Å². The number of nitrogens with zero attached hydrogens (tertiary/aromatic N) is 3. The zero-order valence-electron chi connectivity index (χ0n) is 19.7. The van der Waals surface area contributed by atoms with Gasteiger partial charge in [-0.15, -0.1) is 0 Å². The van der Waals surface area contributed by atoms with E-state index in [1.165, 1.54) is 44.2 Å². The average Bonchev–Trinajstić information content (AvgIpc) is 3.49. The number of nitro benzene ring substituents is 1. The zero-order chi connectivity index (χ0) is 26.1. The van der Waals surface area contributed by atoms with Crippen LogP contribution in [-0.2, 0) is 4.74 Å². The van der Waals surface area contributed by atoms with E-state index in [1.54, 1.807) is 35.2 Å². The molecule has 0 unspecified atom stereocenters. The molecule has 0 amide bonds. The van der Waals surface area contributed by atoms with Gasteiger partial charge >= 0.3 is 11.7 Å². The Balaban J connectivity index is 1.62. The molecule has 0 fully saturated rings. The van der Waals surface area contributed by atoms with E-state index in [4.69, 9.17) is 14.6 Å². The number of fused-ring (bicyclic) bond motifs is 1. The van der Waals surface area contributed by atoms with Crippen molar-refractivity contribution in [2.75, 3.05) is 14.2 Å². The summed E-state index contributed by atoms with van der Waals surface area (Å²) in [6, 6.07) is 18.9.